The van der Waals surface area contributed by atoms with Gasteiger partial charge in [0.25, 0.3) is 0 Å². The van der Waals surface area contributed by atoms with Gasteiger partial charge < -0.3 is 19.5 Å². The van der Waals surface area contributed by atoms with Crippen LogP contribution < -0.4 is 10.6 Å². The Hall–Kier alpha value is -2.13. The molecule has 5 rings (SSSR count). The molecule has 0 fully saturated rings. The Labute approximate surface area is 216 Å². The van der Waals surface area contributed by atoms with E-state index < -0.39 is 0 Å². The van der Waals surface area contributed by atoms with E-state index in [2.05, 4.69) is 72.4 Å². The normalized spacial score (nSPS) is 16.1. The molecule has 2 aliphatic rings. The molecule has 8 heteroatoms. The van der Waals surface area contributed by atoms with Crippen LogP contribution in [0.15, 0.2) is 24.5 Å². The second-order valence-corrected chi connectivity index (χ2v) is 12.8. The number of urea groups is 1. The summed E-state index contributed by atoms with van der Waals surface area (Å²) in [5, 5.41) is 8.51. The van der Waals surface area contributed by atoms with E-state index in [4.69, 9.17) is 4.74 Å². The fraction of sp³-hybridized carbons (Fsp3) is 0.519. The minimum absolute atomic E-state index is 0.146. The second kappa shape index (κ2) is 10.1. The van der Waals surface area contributed by atoms with E-state index in [-0.39, 0.29) is 11.6 Å². The van der Waals surface area contributed by atoms with Crippen LogP contribution in [0.3, 0.4) is 0 Å². The van der Waals surface area contributed by atoms with Gasteiger partial charge in [-0.2, -0.15) is 0 Å². The second-order valence-electron chi connectivity index (χ2n) is 10.6. The molecular weight excluding hydrogens is 476 g/mol. The zero-order chi connectivity index (χ0) is 24.6. The zero-order valence-corrected chi connectivity index (χ0v) is 22.8. The van der Waals surface area contributed by atoms with Crippen molar-refractivity contribution in [2.45, 2.75) is 78.2 Å². The molecule has 0 saturated carbocycles. The molecule has 2 N–H and O–H groups in total. The summed E-state index contributed by atoms with van der Waals surface area (Å²) in [7, 11) is 2.17. The summed E-state index contributed by atoms with van der Waals surface area (Å²) in [6.45, 7) is 9.31. The van der Waals surface area contributed by atoms with Gasteiger partial charge in [-0.1, -0.05) is 0 Å². The lowest BCUT2D eigenvalue weighted by molar-refractivity contribution is -0.0149. The van der Waals surface area contributed by atoms with Crippen LogP contribution in [-0.4, -0.2) is 34.7 Å². The number of aromatic nitrogens is 1. The number of aryl methyl sites for hydroxylation is 1. The third kappa shape index (κ3) is 5.50. The fourth-order valence-electron chi connectivity index (χ4n) is 4.93. The van der Waals surface area contributed by atoms with Crippen molar-refractivity contribution in [2.75, 3.05) is 18.9 Å². The van der Waals surface area contributed by atoms with Crippen LogP contribution in [0.2, 0.25) is 0 Å². The highest BCUT2D eigenvalue weighted by Gasteiger charge is 2.26. The van der Waals surface area contributed by atoms with Gasteiger partial charge in [0, 0.05) is 52.9 Å². The molecule has 3 aromatic rings. The van der Waals surface area contributed by atoms with Crippen molar-refractivity contribution in [3.8, 4) is 5.00 Å². The molecule has 0 atom stereocenters. The number of thiophene rings is 2. The number of nitrogens with one attached hydrogen (secondary N) is 2. The summed E-state index contributed by atoms with van der Waals surface area (Å²) in [6.07, 6.45) is 9.80. The van der Waals surface area contributed by atoms with E-state index in [1.807, 2.05) is 11.3 Å². The first-order chi connectivity index (χ1) is 16.8. The number of ether oxygens (including phenoxy) is 1. The van der Waals surface area contributed by atoms with Crippen LogP contribution in [0.5, 0.6) is 0 Å². The average Bonchev–Trinajstić information content (AvgIpc) is 3.52. The highest BCUT2D eigenvalue weighted by molar-refractivity contribution is 7.16. The van der Waals surface area contributed by atoms with Crippen molar-refractivity contribution in [3.63, 3.8) is 0 Å². The molecule has 188 valence electrons. The van der Waals surface area contributed by atoms with Gasteiger partial charge in [-0.3, -0.25) is 5.32 Å². The Bertz CT molecular complexity index is 1190. The SMILES string of the molecule is CN1CCc2c(sc(-n3cccc3)c2CNC(=O)Nc2sc3c(c2COC(C)(C)C)CCCC3)C1. The first-order valence-corrected chi connectivity index (χ1v) is 14.2. The van der Waals surface area contributed by atoms with Crippen molar-refractivity contribution in [1.29, 1.82) is 0 Å². The number of hydrogen-bond acceptors (Lipinski definition) is 5. The molecule has 0 saturated heterocycles. The summed E-state index contributed by atoms with van der Waals surface area (Å²) in [4.78, 5) is 18.3. The van der Waals surface area contributed by atoms with Gasteiger partial charge in [-0.25, -0.2) is 4.79 Å². The molecule has 35 heavy (non-hydrogen) atoms. The number of hydrogen-bond donors (Lipinski definition) is 2. The largest absolute Gasteiger partial charge is 0.371 e. The quantitative estimate of drug-likeness (QED) is 0.419. The number of anilines is 1. The van der Waals surface area contributed by atoms with E-state index in [0.717, 1.165) is 37.4 Å². The third-order valence-corrected chi connectivity index (χ3v) is 9.28. The monoisotopic (exact) mass is 512 g/mol. The average molecular weight is 513 g/mol. The topological polar surface area (TPSA) is 58.5 Å². The fourth-order valence-corrected chi connectivity index (χ4v) is 7.64. The van der Waals surface area contributed by atoms with E-state index >= 15 is 0 Å². The number of carbonyl (C=O) groups is 1. The zero-order valence-electron chi connectivity index (χ0n) is 21.2. The molecular formula is C27H36N4O2S2. The maximum Gasteiger partial charge on any atom is 0.320 e. The van der Waals surface area contributed by atoms with Crippen LogP contribution in [0.1, 0.15) is 65.6 Å². The summed E-state index contributed by atoms with van der Waals surface area (Å²) in [6, 6.07) is 3.95. The molecule has 0 bridgehead atoms. The Morgan fingerprint density at radius 3 is 2.54 bits per heavy atom. The highest BCUT2D eigenvalue weighted by Crippen LogP contribution is 2.39. The molecule has 2 amide bonds. The molecule has 1 aliphatic carbocycles. The Balaban J connectivity index is 1.34. The highest BCUT2D eigenvalue weighted by atomic mass is 32.1. The van der Waals surface area contributed by atoms with Gasteiger partial charge in [-0.15, -0.1) is 22.7 Å². The van der Waals surface area contributed by atoms with Gasteiger partial charge in [0.05, 0.1) is 12.2 Å². The lowest BCUT2D eigenvalue weighted by Gasteiger charge is -2.23. The number of amides is 2. The molecule has 4 heterocycles. The first kappa shape index (κ1) is 24.6. The van der Waals surface area contributed by atoms with Gasteiger partial charge in [-0.05, 0) is 83.2 Å². The molecule has 0 unspecified atom stereocenters. The van der Waals surface area contributed by atoms with Crippen LogP contribution in [0, 0.1) is 0 Å². The van der Waals surface area contributed by atoms with E-state index in [1.54, 1.807) is 11.3 Å². The van der Waals surface area contributed by atoms with Gasteiger partial charge >= 0.3 is 6.03 Å². The van der Waals surface area contributed by atoms with Crippen molar-refractivity contribution in [2.24, 2.45) is 0 Å². The van der Waals surface area contributed by atoms with Crippen LogP contribution in [0.25, 0.3) is 5.00 Å². The first-order valence-electron chi connectivity index (χ1n) is 12.6. The number of carbonyl (C=O) groups excluding carboxylic acids is 1. The molecule has 0 radical (unpaired) electrons. The van der Waals surface area contributed by atoms with Crippen molar-refractivity contribution in [3.05, 3.63) is 56.5 Å². The lowest BCUT2D eigenvalue weighted by atomic mass is 9.95. The predicted molar refractivity (Wildman–Crippen MR) is 145 cm³/mol. The van der Waals surface area contributed by atoms with Crippen molar-refractivity contribution in [1.82, 2.24) is 14.8 Å². The lowest BCUT2D eigenvalue weighted by Crippen LogP contribution is -2.30. The molecule has 3 aromatic heterocycles. The minimum Gasteiger partial charge on any atom is -0.371 e. The third-order valence-electron chi connectivity index (χ3n) is 6.76. The standard InChI is InChI=1S/C27H36N4O2S2/c1-27(2,3)33-17-21-18-9-5-6-10-22(18)34-24(21)29-26(32)28-15-20-19-11-14-30(4)16-23(19)35-25(20)31-12-7-8-13-31/h7-8,12-13H,5-6,9-11,14-17H2,1-4H3,(H2,28,29,32). The molecule has 6 nitrogen and oxygen atoms in total. The summed E-state index contributed by atoms with van der Waals surface area (Å²) < 4.78 is 8.31. The summed E-state index contributed by atoms with van der Waals surface area (Å²) >= 11 is 3.57. The van der Waals surface area contributed by atoms with E-state index in [1.165, 1.54) is 49.9 Å². The maximum atomic E-state index is 13.1. The van der Waals surface area contributed by atoms with Crippen molar-refractivity contribution >= 4 is 33.7 Å². The summed E-state index contributed by atoms with van der Waals surface area (Å²) in [5.41, 5.74) is 4.99. The number of likely N-dealkylation sites (N-methyl/N-ethyl adjacent to an activating group) is 1. The summed E-state index contributed by atoms with van der Waals surface area (Å²) in [5.74, 6) is 0. The number of rotatable bonds is 6. The maximum absolute atomic E-state index is 13.1. The van der Waals surface area contributed by atoms with Crippen LogP contribution in [0.4, 0.5) is 9.80 Å². The Morgan fingerprint density at radius 2 is 1.77 bits per heavy atom. The van der Waals surface area contributed by atoms with E-state index in [0.29, 0.717) is 13.2 Å². The number of nitrogens with zero attached hydrogens (tertiary/aromatic N) is 2. The van der Waals surface area contributed by atoms with Crippen LogP contribution in [-0.2, 0) is 43.7 Å². The van der Waals surface area contributed by atoms with Crippen molar-refractivity contribution < 1.29 is 9.53 Å². The minimum atomic E-state index is -0.218. The van der Waals surface area contributed by atoms with Gasteiger partial charge in [0.1, 0.15) is 10.0 Å². The Kier molecular flexibility index (Phi) is 7.08. The Morgan fingerprint density at radius 1 is 1.03 bits per heavy atom. The van der Waals surface area contributed by atoms with E-state index in [9.17, 15) is 4.79 Å². The molecule has 1 aliphatic heterocycles. The molecule has 0 aromatic carbocycles. The van der Waals surface area contributed by atoms with Gasteiger partial charge in [0.2, 0.25) is 0 Å². The number of fused-ring (bicyclic) bond motifs is 2. The predicted octanol–water partition coefficient (Wildman–Crippen LogP) is 6.10. The molecule has 0 spiro atoms. The van der Waals surface area contributed by atoms with Crippen LogP contribution >= 0.6 is 22.7 Å². The van der Waals surface area contributed by atoms with Gasteiger partial charge in [0.15, 0.2) is 0 Å². The smallest absolute Gasteiger partial charge is 0.320 e.